The molecular weight excluding hydrogens is 370 g/mol. The average molecular weight is 396 g/mol. The fourth-order valence-corrected chi connectivity index (χ4v) is 4.74. The van der Waals surface area contributed by atoms with E-state index in [1.165, 1.54) is 6.42 Å². The number of pyridine rings is 1. The van der Waals surface area contributed by atoms with Gasteiger partial charge in [0.05, 0.1) is 23.4 Å². The summed E-state index contributed by atoms with van der Waals surface area (Å²) in [4.78, 5) is 24.1. The molecule has 6 heteroatoms. The fourth-order valence-electron chi connectivity index (χ4n) is 3.75. The molecule has 0 atom stereocenters. The maximum atomic E-state index is 13.4. The summed E-state index contributed by atoms with van der Waals surface area (Å²) >= 11 is 1.56. The zero-order valence-electron chi connectivity index (χ0n) is 16.1. The van der Waals surface area contributed by atoms with Gasteiger partial charge in [0.2, 0.25) is 5.91 Å². The summed E-state index contributed by atoms with van der Waals surface area (Å²) in [6.45, 7) is 3.13. The molecule has 1 aliphatic carbocycles. The number of benzene rings is 1. The van der Waals surface area contributed by atoms with Gasteiger partial charge in [0.15, 0.2) is 5.13 Å². The van der Waals surface area contributed by atoms with Crippen molar-refractivity contribution < 1.29 is 9.53 Å². The lowest BCUT2D eigenvalue weighted by Crippen LogP contribution is -2.36. The molecule has 4 rings (SSSR count). The van der Waals surface area contributed by atoms with Crippen LogP contribution in [0.4, 0.5) is 5.13 Å². The molecule has 0 spiro atoms. The van der Waals surface area contributed by atoms with Gasteiger partial charge < -0.3 is 4.74 Å². The Balaban J connectivity index is 1.67. The van der Waals surface area contributed by atoms with Crippen LogP contribution in [0, 0.1) is 5.92 Å². The summed E-state index contributed by atoms with van der Waals surface area (Å²) in [5, 5.41) is 0.760. The van der Waals surface area contributed by atoms with Gasteiger partial charge in [0, 0.05) is 18.3 Å². The molecule has 0 bridgehead atoms. The smallest absolute Gasteiger partial charge is 0.232 e. The van der Waals surface area contributed by atoms with Crippen LogP contribution in [0.15, 0.2) is 42.7 Å². The van der Waals surface area contributed by atoms with Gasteiger partial charge in [0.1, 0.15) is 5.75 Å². The molecule has 1 fully saturated rings. The van der Waals surface area contributed by atoms with Crippen molar-refractivity contribution in [1.82, 2.24) is 9.97 Å². The third-order valence-electron chi connectivity index (χ3n) is 5.20. The van der Waals surface area contributed by atoms with Crippen LogP contribution in [0.3, 0.4) is 0 Å². The number of thiazole rings is 1. The second kappa shape index (κ2) is 8.69. The van der Waals surface area contributed by atoms with Crippen molar-refractivity contribution in [2.75, 3.05) is 11.5 Å². The quantitative estimate of drug-likeness (QED) is 0.575. The first-order chi connectivity index (χ1) is 13.7. The first kappa shape index (κ1) is 18.9. The number of hydrogen-bond donors (Lipinski definition) is 0. The number of hydrogen-bond acceptors (Lipinski definition) is 5. The van der Waals surface area contributed by atoms with Crippen LogP contribution in [-0.4, -0.2) is 22.5 Å². The lowest BCUT2D eigenvalue weighted by atomic mass is 9.88. The van der Waals surface area contributed by atoms with E-state index in [-0.39, 0.29) is 11.8 Å². The Morgan fingerprint density at radius 3 is 2.71 bits per heavy atom. The SMILES string of the molecule is CCOc1ccc2nc(N(Cc3ccncc3)C(=O)C3CCCCC3)sc2c1. The Hall–Kier alpha value is -2.47. The molecule has 0 saturated heterocycles. The minimum Gasteiger partial charge on any atom is -0.494 e. The molecule has 146 valence electrons. The van der Waals surface area contributed by atoms with Crippen LogP contribution in [0.25, 0.3) is 10.2 Å². The fraction of sp³-hybridized carbons (Fsp3) is 0.409. The topological polar surface area (TPSA) is 55.3 Å². The van der Waals surface area contributed by atoms with Crippen LogP contribution < -0.4 is 9.64 Å². The predicted octanol–water partition coefficient (Wildman–Crippen LogP) is 5.20. The lowest BCUT2D eigenvalue weighted by molar-refractivity contribution is -0.123. The minimum absolute atomic E-state index is 0.0987. The van der Waals surface area contributed by atoms with Gasteiger partial charge in [0.25, 0.3) is 0 Å². The number of amides is 1. The Morgan fingerprint density at radius 1 is 1.18 bits per heavy atom. The van der Waals surface area contributed by atoms with E-state index >= 15 is 0 Å². The molecule has 0 N–H and O–H groups in total. The summed E-state index contributed by atoms with van der Waals surface area (Å²) in [5.74, 6) is 1.13. The molecular formula is C22H25N3O2S. The van der Waals surface area contributed by atoms with Crippen molar-refractivity contribution in [2.45, 2.75) is 45.6 Å². The highest BCUT2D eigenvalue weighted by Gasteiger charge is 2.29. The average Bonchev–Trinajstić information content (AvgIpc) is 3.16. The molecule has 2 heterocycles. The van der Waals surface area contributed by atoms with Gasteiger partial charge in [-0.3, -0.25) is 14.7 Å². The molecule has 0 aliphatic heterocycles. The molecule has 1 aliphatic rings. The van der Waals surface area contributed by atoms with E-state index < -0.39 is 0 Å². The maximum Gasteiger partial charge on any atom is 0.232 e. The van der Waals surface area contributed by atoms with E-state index in [1.807, 2.05) is 42.2 Å². The van der Waals surface area contributed by atoms with Crippen molar-refractivity contribution in [3.63, 3.8) is 0 Å². The monoisotopic (exact) mass is 395 g/mol. The lowest BCUT2D eigenvalue weighted by Gasteiger charge is -2.27. The minimum atomic E-state index is 0.0987. The van der Waals surface area contributed by atoms with Gasteiger partial charge in [-0.2, -0.15) is 0 Å². The van der Waals surface area contributed by atoms with Crippen LogP contribution in [0.2, 0.25) is 0 Å². The zero-order chi connectivity index (χ0) is 19.3. The predicted molar refractivity (Wildman–Crippen MR) is 113 cm³/mol. The van der Waals surface area contributed by atoms with Crippen LogP contribution >= 0.6 is 11.3 Å². The zero-order valence-corrected chi connectivity index (χ0v) is 17.0. The van der Waals surface area contributed by atoms with Crippen LogP contribution in [0.1, 0.15) is 44.6 Å². The molecule has 28 heavy (non-hydrogen) atoms. The van der Waals surface area contributed by atoms with Crippen molar-refractivity contribution in [2.24, 2.45) is 5.92 Å². The number of fused-ring (bicyclic) bond motifs is 1. The first-order valence-electron chi connectivity index (χ1n) is 9.98. The first-order valence-corrected chi connectivity index (χ1v) is 10.8. The molecule has 2 aromatic heterocycles. The van der Waals surface area contributed by atoms with Crippen LogP contribution in [0.5, 0.6) is 5.75 Å². The molecule has 1 amide bonds. The summed E-state index contributed by atoms with van der Waals surface area (Å²) in [6.07, 6.45) is 9.00. The summed E-state index contributed by atoms with van der Waals surface area (Å²) in [6, 6.07) is 9.83. The Morgan fingerprint density at radius 2 is 1.96 bits per heavy atom. The van der Waals surface area contributed by atoms with Crippen molar-refractivity contribution in [3.8, 4) is 5.75 Å². The Labute approximate surface area is 169 Å². The third kappa shape index (κ3) is 4.17. The van der Waals surface area contributed by atoms with Gasteiger partial charge in [-0.1, -0.05) is 30.6 Å². The number of nitrogens with zero attached hydrogens (tertiary/aromatic N) is 3. The molecule has 0 unspecified atom stereocenters. The third-order valence-corrected chi connectivity index (χ3v) is 6.24. The number of carbonyl (C=O) groups excluding carboxylic acids is 1. The van der Waals surface area contributed by atoms with E-state index in [9.17, 15) is 4.79 Å². The van der Waals surface area contributed by atoms with Gasteiger partial charge in [-0.25, -0.2) is 4.98 Å². The number of ether oxygens (including phenoxy) is 1. The second-order valence-corrected chi connectivity index (χ2v) is 8.18. The van der Waals surface area contributed by atoms with E-state index in [0.717, 1.165) is 52.3 Å². The van der Waals surface area contributed by atoms with E-state index in [4.69, 9.17) is 9.72 Å². The number of anilines is 1. The summed E-state index contributed by atoms with van der Waals surface area (Å²) in [7, 11) is 0. The highest BCUT2D eigenvalue weighted by atomic mass is 32.1. The normalized spacial score (nSPS) is 14.9. The van der Waals surface area contributed by atoms with Crippen molar-refractivity contribution >= 4 is 32.6 Å². The van der Waals surface area contributed by atoms with Crippen LogP contribution in [-0.2, 0) is 11.3 Å². The van der Waals surface area contributed by atoms with Crippen molar-refractivity contribution in [3.05, 3.63) is 48.3 Å². The summed E-state index contributed by atoms with van der Waals surface area (Å²) < 4.78 is 6.65. The van der Waals surface area contributed by atoms with Crippen molar-refractivity contribution in [1.29, 1.82) is 0 Å². The molecule has 0 radical (unpaired) electrons. The summed E-state index contributed by atoms with van der Waals surface area (Å²) in [5.41, 5.74) is 1.97. The van der Waals surface area contributed by atoms with Gasteiger partial charge >= 0.3 is 0 Å². The Kier molecular flexibility index (Phi) is 5.86. The second-order valence-electron chi connectivity index (χ2n) is 7.17. The molecule has 1 aromatic carbocycles. The van der Waals surface area contributed by atoms with E-state index in [2.05, 4.69) is 4.98 Å². The molecule has 3 aromatic rings. The number of aromatic nitrogens is 2. The van der Waals surface area contributed by atoms with Gasteiger partial charge in [-0.15, -0.1) is 0 Å². The van der Waals surface area contributed by atoms with E-state index in [1.54, 1.807) is 23.7 Å². The highest BCUT2D eigenvalue weighted by molar-refractivity contribution is 7.22. The molecule has 5 nitrogen and oxygen atoms in total. The largest absolute Gasteiger partial charge is 0.494 e. The maximum absolute atomic E-state index is 13.4. The Bertz CT molecular complexity index is 935. The van der Waals surface area contributed by atoms with E-state index in [0.29, 0.717) is 13.2 Å². The molecule has 1 saturated carbocycles. The number of rotatable bonds is 6. The standard InChI is InChI=1S/C22H25N3O2S/c1-2-27-18-8-9-19-20(14-18)28-22(24-19)25(15-16-10-12-23-13-11-16)21(26)17-6-4-3-5-7-17/h8-14,17H,2-7,15H2,1H3. The highest BCUT2D eigenvalue weighted by Crippen LogP contribution is 2.35. The number of carbonyl (C=O) groups is 1. The van der Waals surface area contributed by atoms with Gasteiger partial charge in [-0.05, 0) is 55.7 Å².